The van der Waals surface area contributed by atoms with Crippen LogP contribution in [-0.4, -0.2) is 60.2 Å². The van der Waals surface area contributed by atoms with Gasteiger partial charge in [0.15, 0.2) is 0 Å². The van der Waals surface area contributed by atoms with Gasteiger partial charge in [0.1, 0.15) is 6.04 Å². The van der Waals surface area contributed by atoms with Crippen molar-refractivity contribution in [1.82, 2.24) is 15.1 Å². The van der Waals surface area contributed by atoms with E-state index in [-0.39, 0.29) is 23.6 Å². The van der Waals surface area contributed by atoms with E-state index in [9.17, 15) is 14.4 Å². The number of nitrogens with one attached hydrogen (secondary N) is 1. The summed E-state index contributed by atoms with van der Waals surface area (Å²) >= 11 is 0. The number of carbonyl (C=O) groups excluding carboxylic acids is 3. The van der Waals surface area contributed by atoms with Crippen LogP contribution in [0.3, 0.4) is 0 Å². The normalized spacial score (nSPS) is 21.3. The highest BCUT2D eigenvalue weighted by Gasteiger charge is 2.45. The zero-order valence-corrected chi connectivity index (χ0v) is 15.7. The minimum absolute atomic E-state index is 0.115. The SMILES string of the molecule is CNCC1CCCN(C(=O)C(C(C)C)N2C(=O)c3ccccc3C2=O)C1. The highest BCUT2D eigenvalue weighted by Crippen LogP contribution is 2.29. The van der Waals surface area contributed by atoms with Gasteiger partial charge in [-0.05, 0) is 50.4 Å². The molecule has 6 heteroatoms. The first-order valence-electron chi connectivity index (χ1n) is 9.36. The third-order valence-electron chi connectivity index (χ3n) is 5.31. The van der Waals surface area contributed by atoms with E-state index in [1.807, 2.05) is 25.8 Å². The quantitative estimate of drug-likeness (QED) is 0.816. The van der Waals surface area contributed by atoms with Gasteiger partial charge in [-0.2, -0.15) is 0 Å². The number of carbonyl (C=O) groups is 3. The van der Waals surface area contributed by atoms with Crippen molar-refractivity contribution in [2.75, 3.05) is 26.7 Å². The molecule has 0 radical (unpaired) electrons. The van der Waals surface area contributed by atoms with E-state index in [2.05, 4.69) is 5.32 Å². The van der Waals surface area contributed by atoms with Crippen molar-refractivity contribution in [2.45, 2.75) is 32.7 Å². The van der Waals surface area contributed by atoms with E-state index in [1.54, 1.807) is 24.3 Å². The van der Waals surface area contributed by atoms with E-state index >= 15 is 0 Å². The third kappa shape index (κ3) is 3.26. The second-order valence-corrected chi connectivity index (χ2v) is 7.56. The molecule has 0 aromatic heterocycles. The predicted molar refractivity (Wildman–Crippen MR) is 98.8 cm³/mol. The average molecular weight is 357 g/mol. The van der Waals surface area contributed by atoms with Crippen LogP contribution in [0.2, 0.25) is 0 Å². The van der Waals surface area contributed by atoms with Gasteiger partial charge in [0, 0.05) is 13.1 Å². The van der Waals surface area contributed by atoms with Crippen molar-refractivity contribution in [3.05, 3.63) is 35.4 Å². The van der Waals surface area contributed by atoms with Gasteiger partial charge in [-0.3, -0.25) is 19.3 Å². The fourth-order valence-electron chi connectivity index (χ4n) is 4.06. The number of benzene rings is 1. The molecule has 1 saturated heterocycles. The Morgan fingerprint density at radius 1 is 1.19 bits per heavy atom. The number of rotatable bonds is 5. The molecule has 0 spiro atoms. The number of imide groups is 1. The van der Waals surface area contributed by atoms with Crippen LogP contribution in [0.5, 0.6) is 0 Å². The molecule has 2 aliphatic heterocycles. The maximum absolute atomic E-state index is 13.3. The molecule has 1 N–H and O–H groups in total. The molecule has 0 aliphatic carbocycles. The Morgan fingerprint density at radius 3 is 2.35 bits per heavy atom. The molecule has 1 aromatic carbocycles. The molecule has 1 aromatic rings. The topological polar surface area (TPSA) is 69.7 Å². The number of fused-ring (bicyclic) bond motifs is 1. The Labute approximate surface area is 154 Å². The van der Waals surface area contributed by atoms with E-state index in [4.69, 9.17) is 0 Å². The lowest BCUT2D eigenvalue weighted by molar-refractivity contribution is -0.138. The van der Waals surface area contributed by atoms with Crippen molar-refractivity contribution in [3.8, 4) is 0 Å². The van der Waals surface area contributed by atoms with Crippen molar-refractivity contribution in [2.24, 2.45) is 11.8 Å². The van der Waals surface area contributed by atoms with Crippen molar-refractivity contribution >= 4 is 17.7 Å². The Balaban J connectivity index is 1.85. The molecule has 3 rings (SSSR count). The summed E-state index contributed by atoms with van der Waals surface area (Å²) in [6.45, 7) is 6.00. The number of amides is 3. The Hall–Kier alpha value is -2.21. The van der Waals surface area contributed by atoms with Crippen LogP contribution in [0.1, 0.15) is 47.4 Å². The number of likely N-dealkylation sites (tertiary alicyclic amines) is 1. The van der Waals surface area contributed by atoms with Gasteiger partial charge < -0.3 is 10.2 Å². The summed E-state index contributed by atoms with van der Waals surface area (Å²) in [5.74, 6) is -0.569. The number of nitrogens with zero attached hydrogens (tertiary/aromatic N) is 2. The zero-order valence-electron chi connectivity index (χ0n) is 15.7. The highest BCUT2D eigenvalue weighted by molar-refractivity contribution is 6.22. The van der Waals surface area contributed by atoms with Crippen LogP contribution >= 0.6 is 0 Å². The lowest BCUT2D eigenvalue weighted by atomic mass is 9.95. The largest absolute Gasteiger partial charge is 0.341 e. The summed E-state index contributed by atoms with van der Waals surface area (Å²) in [7, 11) is 1.91. The summed E-state index contributed by atoms with van der Waals surface area (Å²) < 4.78 is 0. The van der Waals surface area contributed by atoms with E-state index in [0.717, 1.165) is 19.4 Å². The van der Waals surface area contributed by atoms with Crippen molar-refractivity contribution in [1.29, 1.82) is 0 Å². The van der Waals surface area contributed by atoms with Gasteiger partial charge in [0.05, 0.1) is 11.1 Å². The molecule has 26 heavy (non-hydrogen) atoms. The number of piperidine rings is 1. The Bertz CT molecular complexity index is 679. The first-order chi connectivity index (χ1) is 12.5. The first-order valence-corrected chi connectivity index (χ1v) is 9.36. The van der Waals surface area contributed by atoms with Crippen molar-refractivity contribution < 1.29 is 14.4 Å². The summed E-state index contributed by atoms with van der Waals surface area (Å²) in [6.07, 6.45) is 2.04. The minimum atomic E-state index is -0.754. The van der Waals surface area contributed by atoms with Crippen LogP contribution in [0.4, 0.5) is 0 Å². The molecule has 6 nitrogen and oxygen atoms in total. The zero-order chi connectivity index (χ0) is 18.8. The molecule has 2 atom stereocenters. The number of hydrogen-bond acceptors (Lipinski definition) is 4. The van der Waals surface area contributed by atoms with Gasteiger partial charge >= 0.3 is 0 Å². The monoisotopic (exact) mass is 357 g/mol. The lowest BCUT2D eigenvalue weighted by Crippen LogP contribution is -2.55. The predicted octanol–water partition coefficient (Wildman–Crippen LogP) is 1.77. The summed E-state index contributed by atoms with van der Waals surface area (Å²) in [6, 6.07) is 6.04. The summed E-state index contributed by atoms with van der Waals surface area (Å²) in [4.78, 5) is 42.0. The summed E-state index contributed by atoms with van der Waals surface area (Å²) in [5, 5.41) is 3.17. The highest BCUT2D eigenvalue weighted by atomic mass is 16.2. The molecular formula is C20H27N3O3. The van der Waals surface area contributed by atoms with Gasteiger partial charge in [0.2, 0.25) is 5.91 Å². The fraction of sp³-hybridized carbons (Fsp3) is 0.550. The summed E-state index contributed by atoms with van der Waals surface area (Å²) in [5.41, 5.74) is 0.783. The molecule has 2 aliphatic rings. The molecule has 2 unspecified atom stereocenters. The minimum Gasteiger partial charge on any atom is -0.341 e. The molecule has 1 fully saturated rings. The second-order valence-electron chi connectivity index (χ2n) is 7.56. The maximum Gasteiger partial charge on any atom is 0.262 e. The first kappa shape index (κ1) is 18.6. The van der Waals surface area contributed by atoms with Crippen LogP contribution < -0.4 is 5.32 Å². The maximum atomic E-state index is 13.3. The van der Waals surface area contributed by atoms with E-state index in [0.29, 0.717) is 30.1 Å². The fourth-order valence-corrected chi connectivity index (χ4v) is 4.06. The standard InChI is InChI=1S/C20H27N3O3/c1-13(2)17(20(26)22-10-6-7-14(12-22)11-21-3)23-18(24)15-8-4-5-9-16(15)19(23)25/h4-5,8-9,13-14,17,21H,6-7,10-12H2,1-3H3. The molecule has 140 valence electrons. The Kier molecular flexibility index (Phi) is 5.41. The number of hydrogen-bond donors (Lipinski definition) is 1. The van der Waals surface area contributed by atoms with Gasteiger partial charge in [-0.1, -0.05) is 26.0 Å². The van der Waals surface area contributed by atoms with Gasteiger partial charge in [-0.25, -0.2) is 0 Å². The van der Waals surface area contributed by atoms with Crippen LogP contribution in [-0.2, 0) is 4.79 Å². The Morgan fingerprint density at radius 2 is 1.81 bits per heavy atom. The lowest BCUT2D eigenvalue weighted by Gasteiger charge is -2.38. The average Bonchev–Trinajstić information content (AvgIpc) is 2.88. The van der Waals surface area contributed by atoms with E-state index < -0.39 is 6.04 Å². The van der Waals surface area contributed by atoms with Crippen LogP contribution in [0.25, 0.3) is 0 Å². The molecule has 0 saturated carbocycles. The third-order valence-corrected chi connectivity index (χ3v) is 5.31. The smallest absolute Gasteiger partial charge is 0.262 e. The van der Waals surface area contributed by atoms with Crippen LogP contribution in [0.15, 0.2) is 24.3 Å². The van der Waals surface area contributed by atoms with Crippen LogP contribution in [0, 0.1) is 11.8 Å². The van der Waals surface area contributed by atoms with Gasteiger partial charge in [0.25, 0.3) is 11.8 Å². The van der Waals surface area contributed by atoms with Gasteiger partial charge in [-0.15, -0.1) is 0 Å². The van der Waals surface area contributed by atoms with E-state index in [1.165, 1.54) is 4.90 Å². The molecule has 0 bridgehead atoms. The molecule has 3 amide bonds. The molecular weight excluding hydrogens is 330 g/mol. The van der Waals surface area contributed by atoms with Crippen molar-refractivity contribution in [3.63, 3.8) is 0 Å². The second kappa shape index (κ2) is 7.58. The molecule has 2 heterocycles.